The second-order valence-corrected chi connectivity index (χ2v) is 6.23. The number of nitrogens with two attached hydrogens (primary N) is 1. The first-order valence-electron chi connectivity index (χ1n) is 5.06. The van der Waals surface area contributed by atoms with Gasteiger partial charge >= 0.3 is 0 Å². The van der Waals surface area contributed by atoms with Crippen molar-refractivity contribution in [2.45, 2.75) is 32.2 Å². The Bertz CT molecular complexity index is 339. The quantitative estimate of drug-likeness (QED) is 0.741. The first kappa shape index (κ1) is 12.4. The number of carbonyl (C=O) groups excluding carboxylic acids is 1. The highest BCUT2D eigenvalue weighted by Gasteiger charge is 2.31. The van der Waals surface area contributed by atoms with E-state index in [0.29, 0.717) is 6.54 Å². The van der Waals surface area contributed by atoms with Crippen LogP contribution in [0, 0.1) is 5.92 Å². The molecule has 5 nitrogen and oxygen atoms in total. The second-order valence-electron chi connectivity index (χ2n) is 4.30. The van der Waals surface area contributed by atoms with E-state index in [0.717, 1.165) is 12.8 Å². The molecule has 1 fully saturated rings. The Hall–Kier alpha value is -0.620. The van der Waals surface area contributed by atoms with Crippen molar-refractivity contribution in [3.63, 3.8) is 0 Å². The summed E-state index contributed by atoms with van der Waals surface area (Å²) in [5.41, 5.74) is 5.11. The third-order valence-corrected chi connectivity index (χ3v) is 4.20. The minimum absolute atomic E-state index is 0.0316. The molecular weight excluding hydrogens is 216 g/mol. The molecular formula is C9H18N2O3S. The number of sulfonamides is 1. The number of carbonyl (C=O) groups is 1. The standard InChI is InChI=1S/C9H18N2O3S/c1-7-3-4-8(5-9(10)12)6-11(7)15(2,13)14/h7-8H,3-6H2,1-2H3,(H2,10,12)/t7-,8+/m1/s1. The first-order valence-corrected chi connectivity index (χ1v) is 6.90. The zero-order valence-electron chi connectivity index (χ0n) is 9.14. The maximum absolute atomic E-state index is 11.4. The van der Waals surface area contributed by atoms with E-state index >= 15 is 0 Å². The van der Waals surface area contributed by atoms with Gasteiger partial charge in [0.15, 0.2) is 0 Å². The van der Waals surface area contributed by atoms with E-state index < -0.39 is 10.0 Å². The van der Waals surface area contributed by atoms with Crippen molar-refractivity contribution in [1.29, 1.82) is 0 Å². The van der Waals surface area contributed by atoms with Crippen LogP contribution < -0.4 is 5.73 Å². The minimum Gasteiger partial charge on any atom is -0.370 e. The Labute approximate surface area is 90.7 Å². The lowest BCUT2D eigenvalue weighted by molar-refractivity contribution is -0.119. The summed E-state index contributed by atoms with van der Waals surface area (Å²) in [6.45, 7) is 2.31. The van der Waals surface area contributed by atoms with Crippen LogP contribution in [0.25, 0.3) is 0 Å². The highest BCUT2D eigenvalue weighted by atomic mass is 32.2. The molecule has 0 aromatic carbocycles. The lowest BCUT2D eigenvalue weighted by Gasteiger charge is -2.35. The number of piperidine rings is 1. The summed E-state index contributed by atoms with van der Waals surface area (Å²) in [5, 5.41) is 0. The fourth-order valence-electron chi connectivity index (χ4n) is 2.06. The number of hydrogen-bond acceptors (Lipinski definition) is 3. The maximum atomic E-state index is 11.4. The molecule has 1 rings (SSSR count). The number of primary amides is 1. The summed E-state index contributed by atoms with van der Waals surface area (Å²) in [7, 11) is -3.16. The molecule has 1 heterocycles. The van der Waals surface area contributed by atoms with Gasteiger partial charge in [-0.2, -0.15) is 4.31 Å². The fourth-order valence-corrected chi connectivity index (χ4v) is 3.30. The van der Waals surface area contributed by atoms with Gasteiger partial charge in [-0.15, -0.1) is 0 Å². The highest BCUT2D eigenvalue weighted by Crippen LogP contribution is 2.25. The van der Waals surface area contributed by atoms with E-state index in [1.165, 1.54) is 10.6 Å². The van der Waals surface area contributed by atoms with Gasteiger partial charge in [-0.3, -0.25) is 4.79 Å². The molecule has 1 saturated heterocycles. The molecule has 0 aromatic heterocycles. The monoisotopic (exact) mass is 234 g/mol. The minimum atomic E-state index is -3.16. The van der Waals surface area contributed by atoms with E-state index in [9.17, 15) is 13.2 Å². The molecule has 15 heavy (non-hydrogen) atoms. The molecule has 0 spiro atoms. The van der Waals surface area contributed by atoms with Crippen LogP contribution in [0.2, 0.25) is 0 Å². The van der Waals surface area contributed by atoms with Crippen molar-refractivity contribution in [1.82, 2.24) is 4.31 Å². The van der Waals surface area contributed by atoms with E-state index in [1.54, 1.807) is 0 Å². The van der Waals surface area contributed by atoms with Crippen molar-refractivity contribution >= 4 is 15.9 Å². The van der Waals surface area contributed by atoms with Crippen LogP contribution in [0.3, 0.4) is 0 Å². The van der Waals surface area contributed by atoms with Crippen molar-refractivity contribution in [3.05, 3.63) is 0 Å². The molecule has 1 aliphatic heterocycles. The smallest absolute Gasteiger partial charge is 0.217 e. The van der Waals surface area contributed by atoms with Gasteiger partial charge in [0, 0.05) is 19.0 Å². The summed E-state index contributed by atoms with van der Waals surface area (Å²) >= 11 is 0. The predicted molar refractivity (Wildman–Crippen MR) is 57.5 cm³/mol. The number of nitrogens with zero attached hydrogens (tertiary/aromatic N) is 1. The summed E-state index contributed by atoms with van der Waals surface area (Å²) in [5.74, 6) is -0.281. The van der Waals surface area contributed by atoms with Gasteiger partial charge in [0.25, 0.3) is 0 Å². The zero-order chi connectivity index (χ0) is 11.6. The SMILES string of the molecule is C[C@@H]1CC[C@@H](CC(N)=O)CN1S(C)(=O)=O. The topological polar surface area (TPSA) is 80.5 Å². The molecule has 1 amide bonds. The lowest BCUT2D eigenvalue weighted by Crippen LogP contribution is -2.45. The van der Waals surface area contributed by atoms with Crippen LogP contribution in [-0.4, -0.2) is 37.5 Å². The Balaban J connectivity index is 2.68. The average Bonchev–Trinajstić information content (AvgIpc) is 2.05. The molecule has 88 valence electrons. The maximum Gasteiger partial charge on any atom is 0.217 e. The van der Waals surface area contributed by atoms with Crippen molar-refractivity contribution < 1.29 is 13.2 Å². The molecule has 0 unspecified atom stereocenters. The third kappa shape index (κ3) is 3.46. The van der Waals surface area contributed by atoms with Gasteiger partial charge < -0.3 is 5.73 Å². The van der Waals surface area contributed by atoms with Gasteiger partial charge in [0.05, 0.1) is 6.26 Å². The van der Waals surface area contributed by atoms with Gasteiger partial charge in [0.2, 0.25) is 15.9 Å². The number of rotatable bonds is 3. The first-order chi connectivity index (χ1) is 6.80. The summed E-state index contributed by atoms with van der Waals surface area (Å²) in [6, 6.07) is 0.0316. The van der Waals surface area contributed by atoms with Gasteiger partial charge in [-0.1, -0.05) is 0 Å². The van der Waals surface area contributed by atoms with Crippen LogP contribution in [0.15, 0.2) is 0 Å². The van der Waals surface area contributed by atoms with Gasteiger partial charge in [-0.05, 0) is 25.7 Å². The largest absolute Gasteiger partial charge is 0.370 e. The van der Waals surface area contributed by atoms with Crippen LogP contribution in [0.4, 0.5) is 0 Å². The van der Waals surface area contributed by atoms with E-state index in [1.807, 2.05) is 6.92 Å². The Morgan fingerprint density at radius 2 is 2.07 bits per heavy atom. The number of hydrogen-bond donors (Lipinski definition) is 1. The third-order valence-electron chi connectivity index (χ3n) is 2.84. The Morgan fingerprint density at radius 1 is 1.47 bits per heavy atom. The second kappa shape index (κ2) is 4.49. The summed E-state index contributed by atoms with van der Waals surface area (Å²) in [4.78, 5) is 10.8. The molecule has 0 bridgehead atoms. The van der Waals surface area contributed by atoms with Crippen molar-refractivity contribution in [3.8, 4) is 0 Å². The lowest BCUT2D eigenvalue weighted by atomic mass is 9.92. The molecule has 0 radical (unpaired) electrons. The molecule has 2 atom stereocenters. The van der Waals surface area contributed by atoms with Crippen molar-refractivity contribution in [2.75, 3.05) is 12.8 Å². The molecule has 2 N–H and O–H groups in total. The molecule has 0 aliphatic carbocycles. The molecule has 0 saturated carbocycles. The van der Waals surface area contributed by atoms with Crippen LogP contribution >= 0.6 is 0 Å². The predicted octanol–water partition coefficient (Wildman–Crippen LogP) is -0.0781. The summed E-state index contributed by atoms with van der Waals surface area (Å²) < 4.78 is 24.3. The van der Waals surface area contributed by atoms with Gasteiger partial charge in [-0.25, -0.2) is 8.42 Å². The van der Waals surface area contributed by atoms with Gasteiger partial charge in [0.1, 0.15) is 0 Å². The fraction of sp³-hybridized carbons (Fsp3) is 0.889. The molecule has 1 aliphatic rings. The zero-order valence-corrected chi connectivity index (χ0v) is 9.96. The van der Waals surface area contributed by atoms with E-state index in [-0.39, 0.29) is 24.3 Å². The van der Waals surface area contributed by atoms with E-state index in [4.69, 9.17) is 5.73 Å². The summed E-state index contributed by atoms with van der Waals surface area (Å²) in [6.07, 6.45) is 3.15. The van der Waals surface area contributed by atoms with Crippen LogP contribution in [0.5, 0.6) is 0 Å². The Kier molecular flexibility index (Phi) is 3.72. The normalized spacial score (nSPS) is 28.9. The highest BCUT2D eigenvalue weighted by molar-refractivity contribution is 7.88. The van der Waals surface area contributed by atoms with E-state index in [2.05, 4.69) is 0 Å². The number of amides is 1. The Morgan fingerprint density at radius 3 is 2.53 bits per heavy atom. The molecule has 0 aromatic rings. The molecule has 6 heteroatoms. The van der Waals surface area contributed by atoms with Crippen molar-refractivity contribution in [2.24, 2.45) is 11.7 Å². The van der Waals surface area contributed by atoms with Crippen LogP contribution in [-0.2, 0) is 14.8 Å². The van der Waals surface area contributed by atoms with Crippen LogP contribution in [0.1, 0.15) is 26.2 Å². The average molecular weight is 234 g/mol.